The fourth-order valence-corrected chi connectivity index (χ4v) is 4.32. The van der Waals surface area contributed by atoms with Crippen molar-refractivity contribution in [1.29, 1.82) is 0 Å². The number of hydrogen-bond donors (Lipinski definition) is 1. The summed E-state index contributed by atoms with van der Waals surface area (Å²) in [5.74, 6) is -1.29. The third kappa shape index (κ3) is 3.80. The summed E-state index contributed by atoms with van der Waals surface area (Å²) >= 11 is 12.0. The van der Waals surface area contributed by atoms with E-state index in [4.69, 9.17) is 23.2 Å². The number of ketones is 1. The van der Waals surface area contributed by atoms with E-state index in [9.17, 15) is 14.4 Å². The second-order valence-corrected chi connectivity index (χ2v) is 8.12. The largest absolute Gasteiger partial charge is 0.358 e. The molecule has 8 heteroatoms. The molecule has 0 spiro atoms. The van der Waals surface area contributed by atoms with Gasteiger partial charge in [-0.15, -0.1) is 0 Å². The lowest BCUT2D eigenvalue weighted by Gasteiger charge is -2.34. The number of hydrogen-bond acceptors (Lipinski definition) is 3. The van der Waals surface area contributed by atoms with Crippen molar-refractivity contribution in [2.75, 3.05) is 26.2 Å². The maximum Gasteiger partial charge on any atom is 0.295 e. The predicted octanol–water partition coefficient (Wildman–Crippen LogP) is 3.95. The van der Waals surface area contributed by atoms with E-state index in [0.29, 0.717) is 40.0 Å². The van der Waals surface area contributed by atoms with Gasteiger partial charge in [0.05, 0.1) is 5.56 Å². The Morgan fingerprint density at radius 2 is 1.50 bits per heavy atom. The van der Waals surface area contributed by atoms with Crippen LogP contribution in [0.25, 0.3) is 10.9 Å². The summed E-state index contributed by atoms with van der Waals surface area (Å²) in [6.45, 7) is 3.01. The number of benzene rings is 2. The average Bonchev–Trinajstić information content (AvgIpc) is 3.07. The van der Waals surface area contributed by atoms with E-state index in [0.717, 1.165) is 10.9 Å². The summed E-state index contributed by atoms with van der Waals surface area (Å²) in [5, 5.41) is 1.51. The minimum atomic E-state index is -0.555. The van der Waals surface area contributed by atoms with Crippen molar-refractivity contribution >= 4 is 51.7 Å². The molecule has 1 aliphatic rings. The molecule has 1 aliphatic heterocycles. The van der Waals surface area contributed by atoms with Crippen molar-refractivity contribution in [3.05, 3.63) is 69.3 Å². The van der Waals surface area contributed by atoms with E-state index in [1.165, 1.54) is 4.90 Å². The Hall–Kier alpha value is -2.83. The molecule has 2 amide bonds. The Balaban J connectivity index is 1.46. The number of aryl methyl sites for hydroxylation is 1. The zero-order chi connectivity index (χ0) is 21.4. The van der Waals surface area contributed by atoms with Crippen LogP contribution >= 0.6 is 23.2 Å². The summed E-state index contributed by atoms with van der Waals surface area (Å²) < 4.78 is 0. The number of Topliss-reactive ketones (excluding diaryl/α,β-unsaturated/α-hetero) is 1. The first-order valence-electron chi connectivity index (χ1n) is 9.51. The van der Waals surface area contributed by atoms with Crippen LogP contribution in [0.15, 0.2) is 42.5 Å². The fourth-order valence-electron chi connectivity index (χ4n) is 3.79. The molecule has 0 bridgehead atoms. The molecule has 1 saturated heterocycles. The average molecular weight is 444 g/mol. The number of nitrogens with zero attached hydrogens (tertiary/aromatic N) is 2. The highest BCUT2D eigenvalue weighted by atomic mass is 35.5. The number of para-hydroxylation sites is 1. The molecule has 0 radical (unpaired) electrons. The Bertz CT molecular complexity index is 1140. The van der Waals surface area contributed by atoms with Crippen LogP contribution in [0.3, 0.4) is 0 Å². The number of carbonyl (C=O) groups excluding carboxylic acids is 3. The fraction of sp³-hybridized carbons (Fsp3) is 0.227. The maximum atomic E-state index is 12.9. The van der Waals surface area contributed by atoms with Crippen molar-refractivity contribution < 1.29 is 14.4 Å². The third-order valence-corrected chi connectivity index (χ3v) is 5.71. The molecule has 0 saturated carbocycles. The molecular weight excluding hydrogens is 425 g/mol. The van der Waals surface area contributed by atoms with E-state index in [1.807, 2.05) is 24.3 Å². The van der Waals surface area contributed by atoms with Crippen molar-refractivity contribution in [3.8, 4) is 0 Å². The van der Waals surface area contributed by atoms with Crippen molar-refractivity contribution in [2.45, 2.75) is 6.92 Å². The van der Waals surface area contributed by atoms with Gasteiger partial charge < -0.3 is 14.8 Å². The SMILES string of the molecule is Cc1[nH]c2ccccc2c1C(=O)C(=O)N1CCN(C(=O)c2cc(Cl)cc(Cl)c2)CC1. The van der Waals surface area contributed by atoms with Gasteiger partial charge in [0.1, 0.15) is 0 Å². The standard InChI is InChI=1S/C22H19Cl2N3O3/c1-13-19(17-4-2-3-5-18(17)25-13)20(28)22(30)27-8-6-26(7-9-27)21(29)14-10-15(23)12-16(24)11-14/h2-5,10-12,25H,6-9H2,1H3. The summed E-state index contributed by atoms with van der Waals surface area (Å²) in [6, 6.07) is 12.1. The van der Waals surface area contributed by atoms with Gasteiger partial charge in [-0.1, -0.05) is 41.4 Å². The van der Waals surface area contributed by atoms with Gasteiger partial charge in [-0.3, -0.25) is 14.4 Å². The highest BCUT2D eigenvalue weighted by molar-refractivity contribution is 6.45. The lowest BCUT2D eigenvalue weighted by molar-refractivity contribution is -0.127. The molecule has 2 heterocycles. The molecule has 1 N–H and O–H groups in total. The molecule has 1 aromatic heterocycles. The van der Waals surface area contributed by atoms with Gasteiger partial charge in [-0.05, 0) is 31.2 Å². The lowest BCUT2D eigenvalue weighted by Crippen LogP contribution is -2.52. The first-order valence-corrected chi connectivity index (χ1v) is 10.3. The Morgan fingerprint density at radius 3 is 2.17 bits per heavy atom. The number of aromatic amines is 1. The van der Waals surface area contributed by atoms with Crippen molar-refractivity contribution in [2.24, 2.45) is 0 Å². The van der Waals surface area contributed by atoms with Gasteiger partial charge in [0.25, 0.3) is 17.6 Å². The first-order chi connectivity index (χ1) is 14.3. The van der Waals surface area contributed by atoms with Crippen LogP contribution in [-0.4, -0.2) is 58.6 Å². The Labute approximate surface area is 183 Å². The summed E-state index contributed by atoms with van der Waals surface area (Å²) in [4.78, 5) is 44.8. The minimum absolute atomic E-state index is 0.203. The smallest absolute Gasteiger partial charge is 0.295 e. The monoisotopic (exact) mass is 443 g/mol. The second-order valence-electron chi connectivity index (χ2n) is 7.24. The van der Waals surface area contributed by atoms with Crippen LogP contribution in [0.1, 0.15) is 26.4 Å². The number of aromatic nitrogens is 1. The van der Waals surface area contributed by atoms with Gasteiger partial charge in [0.15, 0.2) is 0 Å². The molecule has 1 fully saturated rings. The Kier molecular flexibility index (Phi) is 5.54. The van der Waals surface area contributed by atoms with Crippen molar-refractivity contribution in [3.63, 3.8) is 0 Å². The highest BCUT2D eigenvalue weighted by Crippen LogP contribution is 2.24. The van der Waals surface area contributed by atoms with Gasteiger partial charge in [0.2, 0.25) is 0 Å². The van der Waals surface area contributed by atoms with Gasteiger partial charge >= 0.3 is 0 Å². The number of piperazine rings is 1. The van der Waals surface area contributed by atoms with Crippen LogP contribution in [0.5, 0.6) is 0 Å². The number of halogens is 2. The van der Waals surface area contributed by atoms with Crippen molar-refractivity contribution in [1.82, 2.24) is 14.8 Å². The highest BCUT2D eigenvalue weighted by Gasteiger charge is 2.31. The normalized spacial score (nSPS) is 14.2. The number of nitrogens with one attached hydrogen (secondary N) is 1. The van der Waals surface area contributed by atoms with Crippen LogP contribution in [0.2, 0.25) is 10.0 Å². The van der Waals surface area contributed by atoms with Gasteiger partial charge in [0, 0.05) is 58.4 Å². The third-order valence-electron chi connectivity index (χ3n) is 5.28. The molecule has 0 aliphatic carbocycles. The van der Waals surface area contributed by atoms with Crippen LogP contribution in [0, 0.1) is 6.92 Å². The number of carbonyl (C=O) groups is 3. The first kappa shape index (κ1) is 20.4. The quantitative estimate of drug-likeness (QED) is 0.491. The molecule has 3 aromatic rings. The van der Waals surface area contributed by atoms with Gasteiger partial charge in [-0.2, -0.15) is 0 Å². The zero-order valence-electron chi connectivity index (χ0n) is 16.2. The molecule has 0 unspecified atom stereocenters. The topological polar surface area (TPSA) is 73.5 Å². The Morgan fingerprint density at radius 1 is 0.900 bits per heavy atom. The summed E-state index contributed by atoms with van der Waals surface area (Å²) in [5.41, 5.74) is 2.29. The van der Waals surface area contributed by atoms with Crippen LogP contribution in [0.4, 0.5) is 0 Å². The summed E-state index contributed by atoms with van der Waals surface area (Å²) in [7, 11) is 0. The number of rotatable bonds is 3. The minimum Gasteiger partial charge on any atom is -0.358 e. The number of H-pyrrole nitrogens is 1. The van der Waals surface area contributed by atoms with E-state index < -0.39 is 11.7 Å². The second kappa shape index (κ2) is 8.13. The van der Waals surface area contributed by atoms with Crippen LogP contribution < -0.4 is 0 Å². The van der Waals surface area contributed by atoms with Gasteiger partial charge in [-0.25, -0.2) is 0 Å². The zero-order valence-corrected chi connectivity index (χ0v) is 17.8. The number of fused-ring (bicyclic) bond motifs is 1. The van der Waals surface area contributed by atoms with Crippen LogP contribution in [-0.2, 0) is 4.79 Å². The molecule has 30 heavy (non-hydrogen) atoms. The summed E-state index contributed by atoms with van der Waals surface area (Å²) in [6.07, 6.45) is 0. The molecule has 0 atom stereocenters. The van der Waals surface area contributed by atoms with E-state index >= 15 is 0 Å². The molecule has 4 rings (SSSR count). The lowest BCUT2D eigenvalue weighted by atomic mass is 10.1. The van der Waals surface area contributed by atoms with E-state index in [2.05, 4.69) is 4.98 Å². The maximum absolute atomic E-state index is 12.9. The molecule has 2 aromatic carbocycles. The molecule has 6 nitrogen and oxygen atoms in total. The predicted molar refractivity (Wildman–Crippen MR) is 116 cm³/mol. The van der Waals surface area contributed by atoms with E-state index in [-0.39, 0.29) is 19.0 Å². The molecular formula is C22H19Cl2N3O3. The molecule has 154 valence electrons. The van der Waals surface area contributed by atoms with E-state index in [1.54, 1.807) is 30.0 Å². The number of amides is 2.